The predicted octanol–water partition coefficient (Wildman–Crippen LogP) is 10.4. The molecule has 1 heterocycles. The largest absolute Gasteiger partial charge is 0.497 e. The molecule has 10 nitrogen and oxygen atoms in total. The first-order valence-corrected chi connectivity index (χ1v) is 20.8. The topological polar surface area (TPSA) is 107 Å². The van der Waals surface area contributed by atoms with Crippen LogP contribution in [-0.2, 0) is 19.4 Å². The average Bonchev–Trinajstić information content (AvgIpc) is 3.22. The molecule has 0 spiro atoms. The summed E-state index contributed by atoms with van der Waals surface area (Å²) in [5.74, 6) is 1.46. The van der Waals surface area contributed by atoms with Crippen molar-refractivity contribution >= 4 is 25.2 Å². The summed E-state index contributed by atoms with van der Waals surface area (Å²) < 4.78 is 39.9. The van der Waals surface area contributed by atoms with Crippen molar-refractivity contribution in [1.29, 1.82) is 5.26 Å². The van der Waals surface area contributed by atoms with E-state index in [0.29, 0.717) is 17.6 Å². The van der Waals surface area contributed by atoms with Gasteiger partial charge in [-0.1, -0.05) is 54.6 Å². The Morgan fingerprint density at radius 2 is 1.35 bits per heavy atom. The number of nitrogens with zero attached hydrogens (tertiary/aromatic N) is 3. The van der Waals surface area contributed by atoms with Crippen molar-refractivity contribution in [3.63, 3.8) is 0 Å². The van der Waals surface area contributed by atoms with Gasteiger partial charge in [-0.05, 0) is 100 Å². The van der Waals surface area contributed by atoms with E-state index in [2.05, 4.69) is 75.4 Å². The number of hydrogen-bond acceptors (Lipinski definition) is 10. The van der Waals surface area contributed by atoms with E-state index < -0.39 is 25.9 Å². The standard InChI is InChI=1S/C46H56N3O7P/c1-9-48(10-2)38-21-26-41-42(32-45(50)55-44(41)31-38)43(56-57(54-29-14-28-47)49(33(3)4)34(5)6)27-30-53-46(35-15-12-11-13-16-35,36-17-22-39(51-7)23-18-36)37-19-24-40(52-8)25-20-37/h11-13,15-26,31-34,43H,9-10,14,27,29-30H2,1-8H3. The fourth-order valence-corrected chi connectivity index (χ4v) is 9.03. The van der Waals surface area contributed by atoms with Crippen molar-refractivity contribution in [3.05, 3.63) is 136 Å². The zero-order valence-corrected chi connectivity index (χ0v) is 35.3. The van der Waals surface area contributed by atoms with Gasteiger partial charge in [0.1, 0.15) is 22.7 Å². The van der Waals surface area contributed by atoms with Crippen LogP contribution in [0.15, 0.2) is 112 Å². The van der Waals surface area contributed by atoms with Gasteiger partial charge in [-0.3, -0.25) is 0 Å². The number of rotatable bonds is 21. The smallest absolute Gasteiger partial charge is 0.336 e. The Morgan fingerprint density at radius 3 is 1.88 bits per heavy atom. The predicted molar refractivity (Wildman–Crippen MR) is 228 cm³/mol. The van der Waals surface area contributed by atoms with Crippen molar-refractivity contribution in [3.8, 4) is 17.6 Å². The second kappa shape index (κ2) is 20.6. The molecule has 0 aliphatic carbocycles. The maximum Gasteiger partial charge on any atom is 0.336 e. The first kappa shape index (κ1) is 43.4. The van der Waals surface area contributed by atoms with Gasteiger partial charge in [-0.2, -0.15) is 5.26 Å². The van der Waals surface area contributed by atoms with Crippen LogP contribution in [0.3, 0.4) is 0 Å². The number of anilines is 1. The Bertz CT molecular complexity index is 2040. The summed E-state index contributed by atoms with van der Waals surface area (Å²) in [5, 5.41) is 10.2. The lowest BCUT2D eigenvalue weighted by Crippen LogP contribution is -2.35. The molecule has 0 fully saturated rings. The molecule has 5 rings (SSSR count). The molecule has 2 atom stereocenters. The highest BCUT2D eigenvalue weighted by Crippen LogP contribution is 2.51. The van der Waals surface area contributed by atoms with Gasteiger partial charge in [-0.25, -0.2) is 9.46 Å². The summed E-state index contributed by atoms with van der Waals surface area (Å²) >= 11 is 0. The van der Waals surface area contributed by atoms with Gasteiger partial charge in [0.05, 0.1) is 46.0 Å². The minimum Gasteiger partial charge on any atom is -0.497 e. The van der Waals surface area contributed by atoms with E-state index >= 15 is 0 Å². The van der Waals surface area contributed by atoms with Crippen molar-refractivity contribution in [1.82, 2.24) is 4.67 Å². The lowest BCUT2D eigenvalue weighted by Gasteiger charge is -2.38. The van der Waals surface area contributed by atoms with Crippen LogP contribution < -0.4 is 20.0 Å². The average molecular weight is 794 g/mol. The van der Waals surface area contributed by atoms with Crippen LogP contribution >= 0.6 is 8.53 Å². The molecule has 0 aliphatic rings. The molecule has 0 aliphatic heterocycles. The van der Waals surface area contributed by atoms with Crippen LogP contribution in [0.1, 0.15) is 82.7 Å². The normalized spacial score (nSPS) is 12.9. The summed E-state index contributed by atoms with van der Waals surface area (Å²) in [6.45, 7) is 14.6. The summed E-state index contributed by atoms with van der Waals surface area (Å²) in [5.41, 5.74) is 3.33. The third-order valence-corrected chi connectivity index (χ3v) is 12.1. The number of ether oxygens (including phenoxy) is 3. The van der Waals surface area contributed by atoms with Crippen molar-refractivity contribution in [2.75, 3.05) is 45.4 Å². The third kappa shape index (κ3) is 10.2. The van der Waals surface area contributed by atoms with E-state index in [1.165, 1.54) is 6.07 Å². The van der Waals surface area contributed by atoms with E-state index in [1.807, 2.05) is 78.9 Å². The molecule has 1 aromatic heterocycles. The minimum absolute atomic E-state index is 0.0696. The zero-order chi connectivity index (χ0) is 41.0. The van der Waals surface area contributed by atoms with Gasteiger partial charge >= 0.3 is 5.63 Å². The lowest BCUT2D eigenvalue weighted by atomic mass is 9.80. The van der Waals surface area contributed by atoms with Crippen molar-refractivity contribution in [2.45, 2.75) is 78.2 Å². The monoisotopic (exact) mass is 793 g/mol. The fraction of sp³-hybridized carbons (Fsp3) is 0.391. The number of nitriles is 1. The Morgan fingerprint density at radius 1 is 0.772 bits per heavy atom. The highest BCUT2D eigenvalue weighted by Gasteiger charge is 2.39. The Hall–Kier alpha value is -4.75. The van der Waals surface area contributed by atoms with Crippen LogP contribution in [0.4, 0.5) is 5.69 Å². The summed E-state index contributed by atoms with van der Waals surface area (Å²) in [6, 6.07) is 35.8. The van der Waals surface area contributed by atoms with Crippen LogP contribution in [0.25, 0.3) is 11.0 Å². The number of methoxy groups -OCH3 is 2. The number of benzene rings is 4. The molecule has 0 saturated carbocycles. The van der Waals surface area contributed by atoms with Crippen LogP contribution in [-0.4, -0.2) is 57.3 Å². The molecule has 0 radical (unpaired) electrons. The minimum atomic E-state index is -1.69. The first-order valence-electron chi connectivity index (χ1n) is 19.7. The lowest BCUT2D eigenvalue weighted by molar-refractivity contribution is -0.00434. The molecule has 4 aromatic carbocycles. The third-order valence-electron chi connectivity index (χ3n) is 9.99. The van der Waals surface area contributed by atoms with Crippen molar-refractivity contribution in [2.24, 2.45) is 0 Å². The molecule has 0 N–H and O–H groups in total. The highest BCUT2D eigenvalue weighted by molar-refractivity contribution is 7.44. The molecule has 302 valence electrons. The molecule has 0 bridgehead atoms. The highest BCUT2D eigenvalue weighted by atomic mass is 31.2. The van der Waals surface area contributed by atoms with Gasteiger partial charge in [0.15, 0.2) is 0 Å². The maximum atomic E-state index is 13.4. The molecular weight excluding hydrogens is 737 g/mol. The van der Waals surface area contributed by atoms with E-state index in [1.54, 1.807) is 14.2 Å². The van der Waals surface area contributed by atoms with Gasteiger partial charge < -0.3 is 32.6 Å². The Kier molecular flexibility index (Phi) is 15.7. The van der Waals surface area contributed by atoms with Gasteiger partial charge in [0.25, 0.3) is 8.53 Å². The Labute approximate surface area is 338 Å². The maximum absolute atomic E-state index is 13.4. The van der Waals surface area contributed by atoms with E-state index in [4.69, 9.17) is 27.7 Å². The first-order chi connectivity index (χ1) is 27.6. The molecular formula is C46H56N3O7P. The molecule has 11 heteroatoms. The van der Waals surface area contributed by atoms with E-state index in [9.17, 15) is 10.1 Å². The Balaban J connectivity index is 1.66. The van der Waals surface area contributed by atoms with Crippen LogP contribution in [0.5, 0.6) is 11.5 Å². The molecule has 5 aromatic rings. The SMILES string of the molecule is CCN(CC)c1ccc2c(C(CCOC(c3ccccc3)(c3ccc(OC)cc3)c3ccc(OC)cc3)OP(OCCC#N)N(C(C)C)C(C)C)cc(=O)oc2c1. The molecule has 0 saturated heterocycles. The van der Waals surface area contributed by atoms with Gasteiger partial charge in [0.2, 0.25) is 0 Å². The van der Waals surface area contributed by atoms with E-state index in [-0.39, 0.29) is 31.7 Å². The van der Waals surface area contributed by atoms with E-state index in [0.717, 1.165) is 52.4 Å². The number of fused-ring (bicyclic) bond motifs is 1. The summed E-state index contributed by atoms with van der Waals surface area (Å²) in [6.07, 6.45) is -0.0962. The second-order valence-corrected chi connectivity index (χ2v) is 15.6. The van der Waals surface area contributed by atoms with Crippen LogP contribution in [0.2, 0.25) is 0 Å². The zero-order valence-electron chi connectivity index (χ0n) is 34.4. The van der Waals surface area contributed by atoms with Gasteiger partial charge in [-0.15, -0.1) is 0 Å². The molecule has 57 heavy (non-hydrogen) atoms. The number of hydrogen-bond donors (Lipinski definition) is 0. The van der Waals surface area contributed by atoms with Crippen LogP contribution in [0, 0.1) is 11.3 Å². The molecule has 2 unspecified atom stereocenters. The molecule has 0 amide bonds. The summed E-state index contributed by atoms with van der Waals surface area (Å²) in [7, 11) is 1.60. The summed E-state index contributed by atoms with van der Waals surface area (Å²) in [4.78, 5) is 15.6. The quantitative estimate of drug-likeness (QED) is 0.0308. The fourth-order valence-electron chi connectivity index (χ4n) is 7.29. The van der Waals surface area contributed by atoms with Crippen molar-refractivity contribution < 1.29 is 27.7 Å². The van der Waals surface area contributed by atoms with Gasteiger partial charge in [0, 0.05) is 54.8 Å². The second-order valence-electron chi connectivity index (χ2n) is 14.2.